The molecule has 3 saturated heterocycles. The molecule has 360 valence electrons. The zero-order valence-electron chi connectivity index (χ0n) is 39.5. The van der Waals surface area contributed by atoms with Gasteiger partial charge >= 0.3 is 0 Å². The maximum atomic E-state index is 9.32. The van der Waals surface area contributed by atoms with Crippen LogP contribution in [0.1, 0.15) is 5.56 Å². The van der Waals surface area contributed by atoms with Gasteiger partial charge in [0.2, 0.25) is 0 Å². The van der Waals surface area contributed by atoms with Gasteiger partial charge in [-0.05, 0) is 100 Å². The maximum absolute atomic E-state index is 9.32. The van der Waals surface area contributed by atoms with E-state index >= 15 is 0 Å². The number of aliphatic hydroxyl groups excluding tert-OH is 1. The summed E-state index contributed by atoms with van der Waals surface area (Å²) < 4.78 is 16.2. The lowest BCUT2D eigenvalue weighted by molar-refractivity contribution is 0.122. The van der Waals surface area contributed by atoms with Crippen molar-refractivity contribution in [1.29, 1.82) is 0 Å². The number of aliphatic hydroxyl groups is 1. The van der Waals surface area contributed by atoms with E-state index in [2.05, 4.69) is 78.4 Å². The lowest BCUT2D eigenvalue weighted by Gasteiger charge is -2.27. The van der Waals surface area contributed by atoms with Crippen LogP contribution >= 0.6 is 23.4 Å². The van der Waals surface area contributed by atoms with E-state index in [4.69, 9.17) is 40.8 Å². The van der Waals surface area contributed by atoms with Crippen molar-refractivity contribution in [3.05, 3.63) is 157 Å². The number of rotatable bonds is 8. The van der Waals surface area contributed by atoms with Crippen molar-refractivity contribution in [3.63, 3.8) is 0 Å². The molecule has 0 spiro atoms. The number of thioether (sulfide) groups is 1. The number of hydrogen-bond donors (Lipinski definition) is 1. The Bertz CT molecular complexity index is 3110. The second-order valence-electron chi connectivity index (χ2n) is 17.2. The highest BCUT2D eigenvalue weighted by Gasteiger charge is 2.17. The largest absolute Gasteiger partial charge is 0.392 e. The normalized spacial score (nSPS) is 15.0. The maximum Gasteiger partial charge on any atom is 0.148 e. The van der Waals surface area contributed by atoms with Crippen molar-refractivity contribution in [3.8, 4) is 33.4 Å². The predicted octanol–water partition coefficient (Wildman–Crippen LogP) is 10.3. The Morgan fingerprint density at radius 3 is 1.35 bits per heavy atom. The SMILES string of the molecule is CSc1cccc(-c2ccc3ncc(N4CCOCC4)nc3c2)c1.Clc1ccccc1-c1ccc2ncc(N3CCOCC3)nc2c1.OCc1cccc(-c2ccc3ncc(N4CCOCC4)nc3c2)c1. The Hall–Kier alpha value is -6.78. The minimum atomic E-state index is 0.0441. The molecule has 6 aromatic carbocycles. The van der Waals surface area contributed by atoms with Gasteiger partial charge in [-0.3, -0.25) is 15.0 Å². The van der Waals surface area contributed by atoms with Gasteiger partial charge in [0.25, 0.3) is 0 Å². The number of aromatic nitrogens is 6. The van der Waals surface area contributed by atoms with E-state index in [0.717, 1.165) is 162 Å². The standard InChI is InChI=1S/C19H19N3O2.C19H19N3OS.C18H16ClN3O/c23-13-14-2-1-3-15(10-14)16-4-5-17-18(11-16)21-19(12-20-17)22-6-8-24-9-7-22;1-24-16-4-2-3-14(11-16)15-5-6-17-18(12-15)21-19(13-20-17)22-7-9-23-10-8-22;19-15-4-2-1-3-14(15)13-5-6-16-17(11-13)21-18(12-20-16)22-7-9-23-10-8-22/h1-5,10-12,23H,6-9,13H2;2-6,11-13H,7-10H2,1H3;1-6,11-12H,7-10H2. The van der Waals surface area contributed by atoms with Crippen molar-refractivity contribution in [2.45, 2.75) is 11.5 Å². The summed E-state index contributed by atoms with van der Waals surface area (Å²) in [6.45, 7) is 9.61. The first kappa shape index (κ1) is 47.9. The average Bonchev–Trinajstić information content (AvgIpc) is 3.45. The van der Waals surface area contributed by atoms with Gasteiger partial charge in [-0.1, -0.05) is 78.3 Å². The topological polar surface area (TPSA) is 135 Å². The van der Waals surface area contributed by atoms with Gasteiger partial charge in [-0.15, -0.1) is 11.8 Å². The van der Waals surface area contributed by atoms with Gasteiger partial charge in [0.05, 0.1) is 97.9 Å². The van der Waals surface area contributed by atoms with E-state index in [1.54, 1.807) is 11.8 Å². The first-order valence-electron chi connectivity index (χ1n) is 23.9. The summed E-state index contributed by atoms with van der Waals surface area (Å²) in [5.74, 6) is 2.73. The van der Waals surface area contributed by atoms with Crippen LogP contribution in [-0.4, -0.2) is 120 Å². The van der Waals surface area contributed by atoms with Crippen molar-refractivity contribution in [2.24, 2.45) is 0 Å². The molecule has 3 aromatic heterocycles. The molecule has 3 aliphatic rings. The number of halogens is 1. The van der Waals surface area contributed by atoms with Crippen LogP contribution < -0.4 is 14.7 Å². The highest BCUT2D eigenvalue weighted by Crippen LogP contribution is 2.31. The van der Waals surface area contributed by atoms with E-state index in [0.29, 0.717) is 0 Å². The minimum absolute atomic E-state index is 0.0441. The molecule has 3 aliphatic heterocycles. The summed E-state index contributed by atoms with van der Waals surface area (Å²) in [4.78, 5) is 36.0. The lowest BCUT2D eigenvalue weighted by Crippen LogP contribution is -2.36. The third kappa shape index (κ3) is 11.7. The Kier molecular flexibility index (Phi) is 15.5. The zero-order valence-corrected chi connectivity index (χ0v) is 41.1. The molecule has 0 aliphatic carbocycles. The molecule has 0 unspecified atom stereocenters. The molecule has 15 heteroatoms. The van der Waals surface area contributed by atoms with Gasteiger partial charge < -0.3 is 34.0 Å². The number of benzene rings is 6. The summed E-state index contributed by atoms with van der Waals surface area (Å²) in [6, 6.07) is 42.8. The number of anilines is 3. The van der Waals surface area contributed by atoms with E-state index in [9.17, 15) is 5.11 Å². The summed E-state index contributed by atoms with van der Waals surface area (Å²) >= 11 is 8.06. The molecule has 0 atom stereocenters. The molecule has 1 N–H and O–H groups in total. The molecule has 6 heterocycles. The third-order valence-electron chi connectivity index (χ3n) is 12.6. The van der Waals surface area contributed by atoms with Crippen LogP contribution in [0.4, 0.5) is 17.5 Å². The van der Waals surface area contributed by atoms with Gasteiger partial charge in [-0.2, -0.15) is 0 Å². The van der Waals surface area contributed by atoms with Crippen LogP contribution in [0.5, 0.6) is 0 Å². The molecule has 12 rings (SSSR count). The number of nitrogens with zero attached hydrogens (tertiary/aromatic N) is 9. The van der Waals surface area contributed by atoms with Crippen molar-refractivity contribution in [2.75, 3.05) is 99.9 Å². The first-order chi connectivity index (χ1) is 35.0. The van der Waals surface area contributed by atoms with Crippen molar-refractivity contribution >= 4 is 73.9 Å². The number of morpholine rings is 3. The summed E-state index contributed by atoms with van der Waals surface area (Å²) in [5.41, 5.74) is 12.9. The second kappa shape index (κ2) is 23.0. The van der Waals surface area contributed by atoms with Crippen LogP contribution in [0.25, 0.3) is 66.5 Å². The van der Waals surface area contributed by atoms with Crippen molar-refractivity contribution < 1.29 is 19.3 Å². The second-order valence-corrected chi connectivity index (χ2v) is 18.5. The minimum Gasteiger partial charge on any atom is -0.392 e. The van der Waals surface area contributed by atoms with Crippen LogP contribution in [0.3, 0.4) is 0 Å². The Morgan fingerprint density at radius 1 is 0.465 bits per heavy atom. The van der Waals surface area contributed by atoms with E-state index in [1.807, 2.05) is 104 Å². The van der Waals surface area contributed by atoms with Gasteiger partial charge in [-0.25, -0.2) is 15.0 Å². The van der Waals surface area contributed by atoms with Gasteiger partial charge in [0.1, 0.15) is 17.5 Å². The molecule has 9 aromatic rings. The van der Waals surface area contributed by atoms with E-state index < -0.39 is 0 Å². The smallest absolute Gasteiger partial charge is 0.148 e. The van der Waals surface area contributed by atoms with Crippen molar-refractivity contribution in [1.82, 2.24) is 29.9 Å². The third-order valence-corrected chi connectivity index (χ3v) is 13.7. The fourth-order valence-electron chi connectivity index (χ4n) is 8.71. The fraction of sp³-hybridized carbons (Fsp3) is 0.250. The zero-order chi connectivity index (χ0) is 48.4. The molecule has 3 fully saturated rings. The molecular formula is C56H54ClN9O4S. The van der Waals surface area contributed by atoms with Gasteiger partial charge in [0, 0.05) is 54.8 Å². The molecule has 0 bridgehead atoms. The summed E-state index contributed by atoms with van der Waals surface area (Å²) in [5, 5.41) is 10.1. The van der Waals surface area contributed by atoms with Crippen LogP contribution in [0.2, 0.25) is 5.02 Å². The molecule has 0 saturated carbocycles. The van der Waals surface area contributed by atoms with Crippen LogP contribution in [-0.2, 0) is 20.8 Å². The number of ether oxygens (including phenoxy) is 3. The van der Waals surface area contributed by atoms with Crippen LogP contribution in [0.15, 0.2) is 151 Å². The van der Waals surface area contributed by atoms with Crippen LogP contribution in [0, 0.1) is 0 Å². The predicted molar refractivity (Wildman–Crippen MR) is 287 cm³/mol. The summed E-state index contributed by atoms with van der Waals surface area (Å²) in [7, 11) is 0. The lowest BCUT2D eigenvalue weighted by atomic mass is 10.0. The summed E-state index contributed by atoms with van der Waals surface area (Å²) in [6.07, 6.45) is 7.63. The highest BCUT2D eigenvalue weighted by molar-refractivity contribution is 7.98. The number of fused-ring (bicyclic) bond motifs is 3. The first-order valence-corrected chi connectivity index (χ1v) is 25.5. The Morgan fingerprint density at radius 2 is 0.887 bits per heavy atom. The monoisotopic (exact) mass is 983 g/mol. The van der Waals surface area contributed by atoms with E-state index in [1.165, 1.54) is 16.0 Å². The van der Waals surface area contributed by atoms with E-state index in [-0.39, 0.29) is 6.61 Å². The molecule has 71 heavy (non-hydrogen) atoms. The van der Waals surface area contributed by atoms with Gasteiger partial charge in [0.15, 0.2) is 0 Å². The molecule has 13 nitrogen and oxygen atoms in total. The molecule has 0 amide bonds. The molecule has 0 radical (unpaired) electrons. The Balaban J connectivity index is 0.000000123. The number of hydrogen-bond acceptors (Lipinski definition) is 14. The average molecular weight is 985 g/mol. The fourth-order valence-corrected chi connectivity index (χ4v) is 9.42. The quantitative estimate of drug-likeness (QED) is 0.145. The molecular weight excluding hydrogens is 930 g/mol. The highest BCUT2D eigenvalue weighted by atomic mass is 35.5. The Labute approximate surface area is 422 Å².